The summed E-state index contributed by atoms with van der Waals surface area (Å²) in [6, 6.07) is 7.15. The Labute approximate surface area is 136 Å². The minimum Gasteiger partial charge on any atom is -0.307 e. The van der Waals surface area contributed by atoms with E-state index in [4.69, 9.17) is 11.6 Å². The summed E-state index contributed by atoms with van der Waals surface area (Å²) in [5.41, 5.74) is 0.388. The molecular weight excluding hydrogens is 316 g/mol. The lowest BCUT2D eigenvalue weighted by molar-refractivity contribution is 0.288. The molecule has 0 radical (unpaired) electrons. The van der Waals surface area contributed by atoms with Crippen molar-refractivity contribution in [1.82, 2.24) is 19.3 Å². The maximum atomic E-state index is 12.6. The lowest BCUT2D eigenvalue weighted by Gasteiger charge is -2.25. The van der Waals surface area contributed by atoms with Crippen LogP contribution in [0.4, 0.5) is 0 Å². The molecule has 4 rings (SSSR count). The molecule has 2 aromatic heterocycles. The third kappa shape index (κ3) is 2.49. The largest absolute Gasteiger partial charge is 0.329 e. The fourth-order valence-electron chi connectivity index (χ4n) is 2.84. The smallest absolute Gasteiger partial charge is 0.307 e. The topological polar surface area (TPSA) is 72.7 Å². The van der Waals surface area contributed by atoms with Gasteiger partial charge in [-0.15, -0.1) is 0 Å². The Morgan fingerprint density at radius 2 is 2.09 bits per heavy atom. The molecular formula is C16H15ClN4O2. The van der Waals surface area contributed by atoms with Gasteiger partial charge in [0.05, 0.1) is 29.2 Å². The van der Waals surface area contributed by atoms with Crippen LogP contribution in [0.2, 0.25) is 5.02 Å². The van der Waals surface area contributed by atoms with Gasteiger partial charge in [-0.2, -0.15) is 5.10 Å². The molecule has 1 aliphatic rings. The summed E-state index contributed by atoms with van der Waals surface area (Å²) >= 11 is 5.95. The predicted molar refractivity (Wildman–Crippen MR) is 88.1 cm³/mol. The van der Waals surface area contributed by atoms with Crippen LogP contribution in [0.5, 0.6) is 0 Å². The number of hydrogen-bond donors (Lipinski definition) is 1. The minimum atomic E-state index is -0.442. The summed E-state index contributed by atoms with van der Waals surface area (Å²) in [6.07, 6.45) is 5.41. The molecule has 0 amide bonds. The first-order valence-electron chi connectivity index (χ1n) is 7.58. The van der Waals surface area contributed by atoms with Gasteiger partial charge in [0.1, 0.15) is 0 Å². The van der Waals surface area contributed by atoms with E-state index in [1.165, 1.54) is 6.42 Å². The van der Waals surface area contributed by atoms with Gasteiger partial charge in [0.25, 0.3) is 5.56 Å². The second-order valence-electron chi connectivity index (χ2n) is 5.88. The Morgan fingerprint density at radius 3 is 2.83 bits per heavy atom. The number of nitrogens with one attached hydrogen (secondary N) is 1. The molecule has 6 nitrogen and oxygen atoms in total. The molecule has 0 unspecified atom stereocenters. The second kappa shape index (κ2) is 5.38. The standard InChI is InChI=1S/C16H15ClN4O2/c17-10-4-5-14-13(8-10)15(22)20(16(23)18-14)9-11-6-7-21(19-11)12-2-1-3-12/h4-8,12H,1-3,9H2,(H,18,23). The first-order valence-corrected chi connectivity index (χ1v) is 7.96. The Bertz CT molecular complexity index is 997. The van der Waals surface area contributed by atoms with Crippen molar-refractivity contribution in [1.29, 1.82) is 0 Å². The van der Waals surface area contributed by atoms with E-state index in [1.807, 2.05) is 16.9 Å². The SMILES string of the molecule is O=c1[nH]c2ccc(Cl)cc2c(=O)n1Cc1ccn(C2CCC2)n1. The number of nitrogens with zero attached hydrogens (tertiary/aromatic N) is 3. The van der Waals surface area contributed by atoms with Crippen molar-refractivity contribution in [2.45, 2.75) is 31.8 Å². The average molecular weight is 331 g/mol. The van der Waals surface area contributed by atoms with E-state index in [1.54, 1.807) is 18.2 Å². The van der Waals surface area contributed by atoms with Gasteiger partial charge in [0.15, 0.2) is 0 Å². The number of halogens is 1. The molecule has 1 saturated carbocycles. The van der Waals surface area contributed by atoms with Crippen LogP contribution in [-0.2, 0) is 6.54 Å². The van der Waals surface area contributed by atoms with E-state index < -0.39 is 5.69 Å². The molecule has 0 bridgehead atoms. The highest BCUT2D eigenvalue weighted by molar-refractivity contribution is 6.31. The number of benzene rings is 1. The zero-order valence-electron chi connectivity index (χ0n) is 12.3. The predicted octanol–water partition coefficient (Wildman–Crippen LogP) is 2.31. The summed E-state index contributed by atoms with van der Waals surface area (Å²) in [5.74, 6) is 0. The molecule has 1 aliphatic carbocycles. The van der Waals surface area contributed by atoms with Crippen molar-refractivity contribution < 1.29 is 0 Å². The van der Waals surface area contributed by atoms with Crippen molar-refractivity contribution in [2.24, 2.45) is 0 Å². The molecule has 23 heavy (non-hydrogen) atoms. The quantitative estimate of drug-likeness (QED) is 0.801. The number of H-pyrrole nitrogens is 1. The lowest BCUT2D eigenvalue weighted by Crippen LogP contribution is -2.35. The first kappa shape index (κ1) is 14.3. The Kier molecular flexibility index (Phi) is 3.34. The fraction of sp³-hybridized carbons (Fsp3) is 0.312. The molecule has 1 aromatic carbocycles. The van der Waals surface area contributed by atoms with Crippen LogP contribution in [0.3, 0.4) is 0 Å². The minimum absolute atomic E-state index is 0.149. The Morgan fingerprint density at radius 1 is 1.26 bits per heavy atom. The number of aromatic nitrogens is 4. The van der Waals surface area contributed by atoms with Gasteiger partial charge in [-0.1, -0.05) is 11.6 Å². The van der Waals surface area contributed by atoms with E-state index >= 15 is 0 Å². The Balaban J connectivity index is 1.74. The van der Waals surface area contributed by atoms with Crippen LogP contribution in [0, 0.1) is 0 Å². The molecule has 1 N–H and O–H groups in total. The molecule has 0 aliphatic heterocycles. The van der Waals surface area contributed by atoms with E-state index in [0.717, 1.165) is 17.4 Å². The zero-order valence-corrected chi connectivity index (χ0v) is 13.1. The van der Waals surface area contributed by atoms with Crippen LogP contribution >= 0.6 is 11.6 Å². The molecule has 1 fully saturated rings. The van der Waals surface area contributed by atoms with Gasteiger partial charge >= 0.3 is 5.69 Å². The van der Waals surface area contributed by atoms with Crippen LogP contribution in [0.25, 0.3) is 10.9 Å². The van der Waals surface area contributed by atoms with Gasteiger partial charge in [0.2, 0.25) is 0 Å². The summed E-state index contributed by atoms with van der Waals surface area (Å²) in [5, 5.41) is 5.34. The van der Waals surface area contributed by atoms with Crippen molar-refractivity contribution in [3.05, 3.63) is 62.0 Å². The molecule has 118 valence electrons. The second-order valence-corrected chi connectivity index (χ2v) is 6.32. The van der Waals surface area contributed by atoms with Crippen molar-refractivity contribution in [2.75, 3.05) is 0 Å². The zero-order chi connectivity index (χ0) is 16.0. The summed E-state index contributed by atoms with van der Waals surface area (Å²) in [7, 11) is 0. The lowest BCUT2D eigenvalue weighted by atomic mass is 9.93. The fourth-order valence-corrected chi connectivity index (χ4v) is 3.02. The van der Waals surface area contributed by atoms with Crippen LogP contribution in [-0.4, -0.2) is 19.3 Å². The van der Waals surface area contributed by atoms with Gasteiger partial charge < -0.3 is 4.98 Å². The highest BCUT2D eigenvalue weighted by Gasteiger charge is 2.20. The van der Waals surface area contributed by atoms with Crippen molar-refractivity contribution in [3.8, 4) is 0 Å². The third-order valence-corrected chi connectivity index (χ3v) is 4.61. The molecule has 0 saturated heterocycles. The number of fused-ring (bicyclic) bond motifs is 1. The monoisotopic (exact) mass is 330 g/mol. The summed E-state index contributed by atoms with van der Waals surface area (Å²) < 4.78 is 3.09. The normalized spacial score (nSPS) is 15.0. The van der Waals surface area contributed by atoms with Crippen molar-refractivity contribution in [3.63, 3.8) is 0 Å². The van der Waals surface area contributed by atoms with E-state index in [-0.39, 0.29) is 12.1 Å². The maximum absolute atomic E-state index is 12.6. The summed E-state index contributed by atoms with van der Waals surface area (Å²) in [6.45, 7) is 0.149. The molecule has 0 spiro atoms. The third-order valence-electron chi connectivity index (χ3n) is 4.38. The van der Waals surface area contributed by atoms with E-state index in [0.29, 0.717) is 27.7 Å². The molecule has 2 heterocycles. The number of aromatic amines is 1. The van der Waals surface area contributed by atoms with Gasteiger partial charge in [-0.05, 0) is 43.5 Å². The highest BCUT2D eigenvalue weighted by Crippen LogP contribution is 2.30. The van der Waals surface area contributed by atoms with E-state index in [2.05, 4.69) is 10.1 Å². The highest BCUT2D eigenvalue weighted by atomic mass is 35.5. The Hall–Kier alpha value is -2.34. The average Bonchev–Trinajstić information content (AvgIpc) is 2.91. The van der Waals surface area contributed by atoms with Gasteiger partial charge in [0, 0.05) is 11.2 Å². The van der Waals surface area contributed by atoms with Gasteiger partial charge in [-0.3, -0.25) is 14.0 Å². The number of hydrogen-bond acceptors (Lipinski definition) is 3. The first-order chi connectivity index (χ1) is 11.1. The summed E-state index contributed by atoms with van der Waals surface area (Å²) in [4.78, 5) is 27.5. The molecule has 0 atom stereocenters. The molecule has 3 aromatic rings. The van der Waals surface area contributed by atoms with Gasteiger partial charge in [-0.25, -0.2) is 4.79 Å². The van der Waals surface area contributed by atoms with Crippen LogP contribution in [0.15, 0.2) is 40.1 Å². The maximum Gasteiger partial charge on any atom is 0.329 e. The number of rotatable bonds is 3. The molecule has 7 heteroatoms. The van der Waals surface area contributed by atoms with Crippen LogP contribution < -0.4 is 11.2 Å². The van der Waals surface area contributed by atoms with E-state index in [9.17, 15) is 9.59 Å². The van der Waals surface area contributed by atoms with Crippen molar-refractivity contribution >= 4 is 22.5 Å². The van der Waals surface area contributed by atoms with Crippen LogP contribution in [0.1, 0.15) is 31.0 Å².